The molecule has 116 valence electrons. The van der Waals surface area contributed by atoms with Crippen LogP contribution in [0.15, 0.2) is 24.3 Å². The third-order valence-electron chi connectivity index (χ3n) is 3.31. The molecule has 0 spiro atoms. The van der Waals surface area contributed by atoms with Crippen LogP contribution in [0.25, 0.3) is 0 Å². The lowest BCUT2D eigenvalue weighted by atomic mass is 10.1. The van der Waals surface area contributed by atoms with E-state index in [0.29, 0.717) is 19.3 Å². The molecule has 1 unspecified atom stereocenters. The molecule has 4 heteroatoms. The molecule has 0 heterocycles. The summed E-state index contributed by atoms with van der Waals surface area (Å²) in [5.74, 6) is 5.72. The summed E-state index contributed by atoms with van der Waals surface area (Å²) in [6, 6.07) is 8.32. The standard InChI is InChI=1S/C17H25NO3/c1-15(14-21-3)18(10-12-20-2)13-17-8-5-4-7-16(17)9-6-11-19/h4-5,7-8,15,19H,10-14H2,1-3H3. The average Bonchev–Trinajstić information content (AvgIpc) is 2.50. The van der Waals surface area contributed by atoms with Crippen LogP contribution in [0.2, 0.25) is 0 Å². The topological polar surface area (TPSA) is 41.9 Å². The Labute approximate surface area is 127 Å². The highest BCUT2D eigenvalue weighted by Gasteiger charge is 2.15. The van der Waals surface area contributed by atoms with Crippen molar-refractivity contribution in [3.05, 3.63) is 35.4 Å². The molecule has 1 atom stereocenters. The number of rotatable bonds is 8. The molecule has 1 rings (SSSR count). The van der Waals surface area contributed by atoms with E-state index < -0.39 is 0 Å². The smallest absolute Gasteiger partial charge is 0.104 e. The number of aliphatic hydroxyl groups excluding tert-OH is 1. The van der Waals surface area contributed by atoms with Crippen LogP contribution in [0.3, 0.4) is 0 Å². The molecule has 0 aliphatic heterocycles. The lowest BCUT2D eigenvalue weighted by Gasteiger charge is -2.28. The summed E-state index contributed by atoms with van der Waals surface area (Å²) in [5.41, 5.74) is 2.11. The Balaban J connectivity index is 2.86. The van der Waals surface area contributed by atoms with Gasteiger partial charge in [-0.1, -0.05) is 30.0 Å². The molecule has 4 nitrogen and oxygen atoms in total. The molecule has 0 aliphatic carbocycles. The zero-order valence-corrected chi connectivity index (χ0v) is 13.1. The number of aliphatic hydroxyl groups is 1. The highest BCUT2D eigenvalue weighted by Crippen LogP contribution is 2.13. The van der Waals surface area contributed by atoms with Gasteiger partial charge in [0.2, 0.25) is 0 Å². The number of methoxy groups -OCH3 is 2. The van der Waals surface area contributed by atoms with Crippen molar-refractivity contribution >= 4 is 0 Å². The van der Waals surface area contributed by atoms with Gasteiger partial charge in [-0.15, -0.1) is 0 Å². The fourth-order valence-corrected chi connectivity index (χ4v) is 2.14. The van der Waals surface area contributed by atoms with Crippen LogP contribution >= 0.6 is 0 Å². The first-order valence-electron chi connectivity index (χ1n) is 7.12. The zero-order valence-electron chi connectivity index (χ0n) is 13.1. The Morgan fingerprint density at radius 3 is 2.67 bits per heavy atom. The van der Waals surface area contributed by atoms with E-state index in [9.17, 15) is 0 Å². The Morgan fingerprint density at radius 1 is 1.24 bits per heavy atom. The van der Waals surface area contributed by atoms with Crippen LogP contribution in [0.1, 0.15) is 18.1 Å². The summed E-state index contributed by atoms with van der Waals surface area (Å²) in [7, 11) is 3.42. The van der Waals surface area contributed by atoms with E-state index in [1.807, 2.05) is 18.2 Å². The summed E-state index contributed by atoms with van der Waals surface area (Å²) >= 11 is 0. The van der Waals surface area contributed by atoms with Gasteiger partial charge in [0.25, 0.3) is 0 Å². The van der Waals surface area contributed by atoms with Gasteiger partial charge in [-0.2, -0.15) is 0 Å². The molecule has 0 saturated carbocycles. The first-order chi connectivity index (χ1) is 10.2. The fourth-order valence-electron chi connectivity index (χ4n) is 2.14. The summed E-state index contributed by atoms with van der Waals surface area (Å²) in [6.07, 6.45) is 0. The highest BCUT2D eigenvalue weighted by atomic mass is 16.5. The maximum atomic E-state index is 8.86. The van der Waals surface area contributed by atoms with E-state index in [4.69, 9.17) is 14.6 Å². The molecule has 1 aromatic carbocycles. The van der Waals surface area contributed by atoms with Gasteiger partial charge < -0.3 is 14.6 Å². The van der Waals surface area contributed by atoms with E-state index in [-0.39, 0.29) is 6.61 Å². The summed E-state index contributed by atoms with van der Waals surface area (Å²) in [5, 5.41) is 8.86. The third kappa shape index (κ3) is 6.28. The van der Waals surface area contributed by atoms with Crippen molar-refractivity contribution < 1.29 is 14.6 Å². The van der Waals surface area contributed by atoms with E-state index >= 15 is 0 Å². The number of ether oxygens (including phenoxy) is 2. The van der Waals surface area contributed by atoms with Crippen LogP contribution < -0.4 is 0 Å². The molecule has 1 N–H and O–H groups in total. The molecule has 0 bridgehead atoms. The second kappa shape index (κ2) is 10.4. The zero-order chi connectivity index (χ0) is 15.5. The van der Waals surface area contributed by atoms with E-state index in [0.717, 1.165) is 24.2 Å². The van der Waals surface area contributed by atoms with Crippen LogP contribution in [0.4, 0.5) is 0 Å². The molecule has 0 aliphatic rings. The number of benzene rings is 1. The fraction of sp³-hybridized carbons (Fsp3) is 0.529. The molecule has 21 heavy (non-hydrogen) atoms. The quantitative estimate of drug-likeness (QED) is 0.737. The lowest BCUT2D eigenvalue weighted by molar-refractivity contribution is 0.0705. The maximum Gasteiger partial charge on any atom is 0.104 e. The highest BCUT2D eigenvalue weighted by molar-refractivity contribution is 5.41. The SMILES string of the molecule is COCCN(Cc1ccccc1C#CCO)C(C)COC. The Bertz CT molecular complexity index is 465. The number of hydrogen-bond donors (Lipinski definition) is 1. The van der Waals surface area contributed by atoms with Gasteiger partial charge >= 0.3 is 0 Å². The second-order valence-corrected chi connectivity index (χ2v) is 4.88. The van der Waals surface area contributed by atoms with Crippen molar-refractivity contribution in [3.63, 3.8) is 0 Å². The molecule has 0 saturated heterocycles. The molecular weight excluding hydrogens is 266 g/mol. The van der Waals surface area contributed by atoms with Crippen molar-refractivity contribution in [1.82, 2.24) is 4.90 Å². The monoisotopic (exact) mass is 291 g/mol. The van der Waals surface area contributed by atoms with Crippen molar-refractivity contribution in [2.24, 2.45) is 0 Å². The van der Waals surface area contributed by atoms with Crippen LogP contribution in [0, 0.1) is 11.8 Å². The molecule has 0 amide bonds. The largest absolute Gasteiger partial charge is 0.384 e. The Kier molecular flexibility index (Phi) is 8.72. The second-order valence-electron chi connectivity index (χ2n) is 4.88. The summed E-state index contributed by atoms with van der Waals surface area (Å²) < 4.78 is 10.4. The molecule has 0 radical (unpaired) electrons. The normalized spacial score (nSPS) is 12.0. The van der Waals surface area contributed by atoms with Crippen molar-refractivity contribution in [2.75, 3.05) is 40.6 Å². The Hall–Kier alpha value is -1.38. The van der Waals surface area contributed by atoms with Crippen LogP contribution in [-0.2, 0) is 16.0 Å². The Morgan fingerprint density at radius 2 is 2.00 bits per heavy atom. The number of nitrogens with zero attached hydrogens (tertiary/aromatic N) is 1. The van der Waals surface area contributed by atoms with Gasteiger partial charge in [0.15, 0.2) is 0 Å². The van der Waals surface area contributed by atoms with Gasteiger partial charge in [0.05, 0.1) is 13.2 Å². The lowest BCUT2D eigenvalue weighted by Crippen LogP contribution is -2.38. The summed E-state index contributed by atoms with van der Waals surface area (Å²) in [4.78, 5) is 2.31. The van der Waals surface area contributed by atoms with Gasteiger partial charge in [-0.3, -0.25) is 4.90 Å². The first kappa shape index (κ1) is 17.7. The minimum atomic E-state index is -0.123. The van der Waals surface area contributed by atoms with Crippen LogP contribution in [0.5, 0.6) is 0 Å². The molecular formula is C17H25NO3. The van der Waals surface area contributed by atoms with E-state index in [1.165, 1.54) is 0 Å². The molecule has 0 fully saturated rings. The molecule has 1 aromatic rings. The minimum absolute atomic E-state index is 0.123. The van der Waals surface area contributed by atoms with Gasteiger partial charge in [-0.25, -0.2) is 0 Å². The molecule has 0 aromatic heterocycles. The van der Waals surface area contributed by atoms with Crippen molar-refractivity contribution in [2.45, 2.75) is 19.5 Å². The van der Waals surface area contributed by atoms with Crippen molar-refractivity contribution in [1.29, 1.82) is 0 Å². The van der Waals surface area contributed by atoms with Gasteiger partial charge in [0.1, 0.15) is 6.61 Å². The summed E-state index contributed by atoms with van der Waals surface area (Å²) in [6.45, 7) is 4.99. The predicted octanol–water partition coefficient (Wildman–Crippen LogP) is 1.51. The number of hydrogen-bond acceptors (Lipinski definition) is 4. The maximum absolute atomic E-state index is 8.86. The van der Waals surface area contributed by atoms with E-state index in [1.54, 1.807) is 14.2 Å². The minimum Gasteiger partial charge on any atom is -0.384 e. The first-order valence-corrected chi connectivity index (χ1v) is 7.12. The van der Waals surface area contributed by atoms with Gasteiger partial charge in [0, 0.05) is 38.9 Å². The van der Waals surface area contributed by atoms with E-state index in [2.05, 4.69) is 29.7 Å². The van der Waals surface area contributed by atoms with Crippen LogP contribution in [-0.4, -0.2) is 56.6 Å². The third-order valence-corrected chi connectivity index (χ3v) is 3.31. The predicted molar refractivity (Wildman–Crippen MR) is 84.0 cm³/mol. The van der Waals surface area contributed by atoms with Crippen molar-refractivity contribution in [3.8, 4) is 11.8 Å². The van der Waals surface area contributed by atoms with Gasteiger partial charge in [-0.05, 0) is 18.6 Å². The average molecular weight is 291 g/mol.